The van der Waals surface area contributed by atoms with E-state index in [4.69, 9.17) is 22.3 Å². The van der Waals surface area contributed by atoms with Gasteiger partial charge in [-0.1, -0.05) is 0 Å². The number of rotatable bonds is 2. The number of nitrogens with one attached hydrogen (secondary N) is 2. The summed E-state index contributed by atoms with van der Waals surface area (Å²) in [6.07, 6.45) is 0. The molecule has 0 fully saturated rings. The summed E-state index contributed by atoms with van der Waals surface area (Å²) in [5, 5.41) is 13.8. The van der Waals surface area contributed by atoms with Crippen LogP contribution in [0, 0.1) is 10.8 Å². The molecule has 0 atom stereocenters. The summed E-state index contributed by atoms with van der Waals surface area (Å²) in [7, 11) is 2.59. The van der Waals surface area contributed by atoms with Crippen LogP contribution in [0.2, 0.25) is 0 Å². The van der Waals surface area contributed by atoms with Crippen molar-refractivity contribution in [1.29, 1.82) is 10.8 Å². The Morgan fingerprint density at radius 1 is 1.11 bits per heavy atom. The van der Waals surface area contributed by atoms with Crippen LogP contribution in [0.25, 0.3) is 0 Å². The van der Waals surface area contributed by atoms with E-state index in [9.17, 15) is 0 Å². The predicted molar refractivity (Wildman–Crippen MR) is 44.8 cm³/mol. The molecule has 0 aromatic heterocycles. The molecular weight excluding hydrogens is 272 g/mol. The van der Waals surface area contributed by atoms with E-state index >= 15 is 0 Å². The molecule has 6 N–H and O–H groups in total. The molecular formula is C2H6N4S2Te. The monoisotopic (exact) mass is 280 g/mol. The average Bonchev–Trinajstić information content (AvgIpc) is 1.63. The van der Waals surface area contributed by atoms with Crippen molar-refractivity contribution in [3.05, 3.63) is 0 Å². The Balaban J connectivity index is 3.10. The van der Waals surface area contributed by atoms with Crippen molar-refractivity contribution in [3.8, 4) is 0 Å². The molecule has 0 radical (unpaired) electrons. The Kier molecular flexibility index (Phi) is 5.48. The quantitative estimate of drug-likeness (QED) is 0.318. The molecule has 0 aliphatic rings. The van der Waals surface area contributed by atoms with Crippen LogP contribution in [0.3, 0.4) is 0 Å². The maximum atomic E-state index is 6.79. The van der Waals surface area contributed by atoms with E-state index in [1.54, 1.807) is 0 Å². The third-order valence-corrected chi connectivity index (χ3v) is 7.72. The summed E-state index contributed by atoms with van der Waals surface area (Å²) in [5.41, 5.74) is 10.1. The van der Waals surface area contributed by atoms with Crippen molar-refractivity contribution in [2.24, 2.45) is 11.5 Å². The molecule has 0 saturated heterocycles. The molecule has 0 aliphatic carbocycles. The fourth-order valence-electron chi connectivity index (χ4n) is 0.0903. The maximum absolute atomic E-state index is 6.79. The first-order chi connectivity index (χ1) is 4.13. The Labute approximate surface area is 68.6 Å². The van der Waals surface area contributed by atoms with E-state index in [2.05, 4.69) is 0 Å². The van der Waals surface area contributed by atoms with Gasteiger partial charge in [0.1, 0.15) is 0 Å². The van der Waals surface area contributed by atoms with E-state index in [-0.39, 0.29) is 10.3 Å². The number of nitrogens with two attached hydrogens (primary N) is 2. The number of amidine groups is 2. The minimum absolute atomic E-state index is 0.117. The van der Waals surface area contributed by atoms with Crippen molar-refractivity contribution in [2.45, 2.75) is 0 Å². The fourth-order valence-corrected chi connectivity index (χ4v) is 5.45. The fraction of sp³-hybridized carbons (Fsp3) is 0. The summed E-state index contributed by atoms with van der Waals surface area (Å²) in [6.45, 7) is 0. The van der Waals surface area contributed by atoms with Crippen molar-refractivity contribution in [1.82, 2.24) is 0 Å². The molecule has 52 valence electrons. The first-order valence-corrected chi connectivity index (χ1v) is 9.01. The van der Waals surface area contributed by atoms with Gasteiger partial charge in [-0.05, 0) is 0 Å². The molecule has 0 saturated carbocycles. The normalized spacial score (nSPS) is 8.89. The van der Waals surface area contributed by atoms with Gasteiger partial charge in [0.15, 0.2) is 0 Å². The van der Waals surface area contributed by atoms with Crippen LogP contribution in [0.5, 0.6) is 0 Å². The van der Waals surface area contributed by atoms with E-state index in [1.807, 2.05) is 0 Å². The Hall–Kier alpha value is 0.430. The number of hydrogen-bond donors (Lipinski definition) is 4. The zero-order chi connectivity index (χ0) is 7.28. The summed E-state index contributed by atoms with van der Waals surface area (Å²) in [6, 6.07) is 0. The van der Waals surface area contributed by atoms with E-state index in [0.29, 0.717) is 0 Å². The van der Waals surface area contributed by atoms with Gasteiger partial charge in [0.25, 0.3) is 0 Å². The Morgan fingerprint density at radius 3 is 1.67 bits per heavy atom. The summed E-state index contributed by atoms with van der Waals surface area (Å²) in [5.74, 6) is 0. The molecule has 0 aromatic rings. The van der Waals surface area contributed by atoms with Crippen LogP contribution >= 0.6 is 18.0 Å². The molecule has 0 heterocycles. The molecule has 0 rings (SSSR count). The van der Waals surface area contributed by atoms with Gasteiger partial charge in [0, 0.05) is 0 Å². The number of hydrogen-bond acceptors (Lipinski definition) is 4. The van der Waals surface area contributed by atoms with Crippen LogP contribution in [-0.2, 0) is 0 Å². The summed E-state index contributed by atoms with van der Waals surface area (Å²) in [4.78, 5) is 0. The summed E-state index contributed by atoms with van der Waals surface area (Å²) < 4.78 is 0. The molecule has 9 heavy (non-hydrogen) atoms. The van der Waals surface area contributed by atoms with Gasteiger partial charge in [-0.25, -0.2) is 0 Å². The van der Waals surface area contributed by atoms with Crippen LogP contribution in [-0.4, -0.2) is 28.5 Å². The molecule has 7 heteroatoms. The van der Waals surface area contributed by atoms with Gasteiger partial charge in [-0.2, -0.15) is 0 Å². The van der Waals surface area contributed by atoms with Crippen molar-refractivity contribution in [3.63, 3.8) is 0 Å². The first kappa shape index (κ1) is 9.43. The van der Waals surface area contributed by atoms with E-state index < -0.39 is 18.2 Å². The standard InChI is InChI=1S/C2H6N4S2Te/c3-1(4)7-9-8-2(5)6/h(H3,3,4)(H3,5,6). The molecule has 4 nitrogen and oxygen atoms in total. The van der Waals surface area contributed by atoms with Gasteiger partial charge < -0.3 is 0 Å². The van der Waals surface area contributed by atoms with Gasteiger partial charge in [-0.3, -0.25) is 0 Å². The van der Waals surface area contributed by atoms with Crippen molar-refractivity contribution >= 4 is 46.5 Å². The van der Waals surface area contributed by atoms with Gasteiger partial charge in [0.2, 0.25) is 0 Å². The third-order valence-electron chi connectivity index (χ3n) is 0.248. The van der Waals surface area contributed by atoms with E-state index in [1.165, 1.54) is 18.0 Å². The van der Waals surface area contributed by atoms with Crippen molar-refractivity contribution in [2.75, 3.05) is 0 Å². The van der Waals surface area contributed by atoms with Crippen LogP contribution in [0.4, 0.5) is 0 Å². The van der Waals surface area contributed by atoms with Gasteiger partial charge in [0.05, 0.1) is 0 Å². The zero-order valence-electron chi connectivity index (χ0n) is 4.38. The topological polar surface area (TPSA) is 99.7 Å². The molecule has 0 unspecified atom stereocenters. The molecule has 0 spiro atoms. The first-order valence-electron chi connectivity index (χ1n) is 1.82. The zero-order valence-corrected chi connectivity index (χ0v) is 8.34. The SMILES string of the molecule is N=C(N)S[Te]SC(=N)N. The molecule has 0 aromatic carbocycles. The van der Waals surface area contributed by atoms with Gasteiger partial charge in [-0.15, -0.1) is 0 Å². The van der Waals surface area contributed by atoms with Crippen LogP contribution < -0.4 is 11.5 Å². The van der Waals surface area contributed by atoms with Crippen LogP contribution in [0.15, 0.2) is 0 Å². The summed E-state index contributed by atoms with van der Waals surface area (Å²) >= 11 is -0.479. The average molecular weight is 278 g/mol. The van der Waals surface area contributed by atoms with Crippen molar-refractivity contribution < 1.29 is 0 Å². The molecule has 0 amide bonds. The Morgan fingerprint density at radius 2 is 1.44 bits per heavy atom. The van der Waals surface area contributed by atoms with Crippen LogP contribution in [0.1, 0.15) is 0 Å². The molecule has 0 bridgehead atoms. The molecule has 0 aliphatic heterocycles. The van der Waals surface area contributed by atoms with Gasteiger partial charge >= 0.3 is 68.8 Å². The Bertz CT molecular complexity index is 112. The second kappa shape index (κ2) is 5.23. The third kappa shape index (κ3) is 8.43. The minimum atomic E-state index is -0.479. The second-order valence-corrected chi connectivity index (χ2v) is 9.07. The predicted octanol–water partition coefficient (Wildman–Crippen LogP) is -0.226. The van der Waals surface area contributed by atoms with E-state index in [0.717, 1.165) is 0 Å². The second-order valence-electron chi connectivity index (χ2n) is 0.963.